The number of nitrogens with zero attached hydrogens (tertiary/aromatic N) is 2. The first-order valence-corrected chi connectivity index (χ1v) is 8.64. The summed E-state index contributed by atoms with van der Waals surface area (Å²) in [6.07, 6.45) is 0. The second-order valence-electron chi connectivity index (χ2n) is 4.53. The van der Waals surface area contributed by atoms with Gasteiger partial charge < -0.3 is 23.3 Å². The van der Waals surface area contributed by atoms with Crippen LogP contribution in [0.4, 0.5) is 0 Å². The maximum absolute atomic E-state index is 11.0. The van der Waals surface area contributed by atoms with Crippen LogP contribution in [0.25, 0.3) is 0 Å². The van der Waals surface area contributed by atoms with Gasteiger partial charge in [-0.05, 0) is 24.3 Å². The summed E-state index contributed by atoms with van der Waals surface area (Å²) < 4.78 is 0. The van der Waals surface area contributed by atoms with E-state index >= 15 is 0 Å². The Morgan fingerprint density at radius 1 is 0.607 bits per heavy atom. The number of rotatable bonds is 7. The summed E-state index contributed by atoms with van der Waals surface area (Å²) in [6.45, 7) is 0. The molecule has 14 heteroatoms. The summed E-state index contributed by atoms with van der Waals surface area (Å²) in [4.78, 5) is 51.5. The molecule has 0 spiro atoms. The third-order valence-corrected chi connectivity index (χ3v) is 5.05. The van der Waals surface area contributed by atoms with E-state index in [-0.39, 0.29) is 71.8 Å². The van der Waals surface area contributed by atoms with E-state index in [2.05, 4.69) is 9.97 Å². The third-order valence-electron chi connectivity index (χ3n) is 2.71. The van der Waals surface area contributed by atoms with Crippen LogP contribution in [0, 0.1) is 0 Å². The van der Waals surface area contributed by atoms with Gasteiger partial charge in [0.2, 0.25) is 0 Å². The predicted molar refractivity (Wildman–Crippen MR) is 90.2 cm³/mol. The molecule has 0 amide bonds. The summed E-state index contributed by atoms with van der Waals surface area (Å²) in [6, 6.07) is 4.57. The van der Waals surface area contributed by atoms with Crippen molar-refractivity contribution in [1.82, 2.24) is 9.97 Å². The summed E-state index contributed by atoms with van der Waals surface area (Å²) >= 11 is 0. The minimum Gasteiger partial charge on any atom is -1.00 e. The van der Waals surface area contributed by atoms with Crippen LogP contribution in [0.1, 0.15) is 44.8 Å². The van der Waals surface area contributed by atoms with E-state index in [0.29, 0.717) is 0 Å². The molecule has 0 saturated carbocycles. The van der Waals surface area contributed by atoms with Crippen molar-refractivity contribution in [3.8, 4) is 0 Å². The van der Waals surface area contributed by atoms with Gasteiger partial charge in [0, 0.05) is 9.79 Å². The Labute approximate surface area is 212 Å². The Kier molecular flexibility index (Phi) is 11.3. The van der Waals surface area contributed by atoms with Crippen molar-refractivity contribution in [3.05, 3.63) is 47.0 Å². The minimum atomic E-state index is -1.41. The first-order chi connectivity index (χ1) is 12.2. The van der Waals surface area contributed by atoms with Gasteiger partial charge in [-0.1, -0.05) is 21.6 Å². The Balaban J connectivity index is -0.00000182. The van der Waals surface area contributed by atoms with Crippen molar-refractivity contribution in [2.75, 3.05) is 0 Å². The van der Waals surface area contributed by atoms with E-state index in [0.717, 1.165) is 45.9 Å². The third kappa shape index (κ3) is 7.37. The number of carbonyl (C=O) groups is 4. The average molecular weight is 444 g/mol. The van der Waals surface area contributed by atoms with Crippen molar-refractivity contribution in [2.24, 2.45) is 0 Å². The monoisotopic (exact) mass is 444 g/mol. The van der Waals surface area contributed by atoms with Crippen LogP contribution in [0.3, 0.4) is 0 Å². The van der Waals surface area contributed by atoms with Gasteiger partial charge in [-0.3, -0.25) is 0 Å². The first-order valence-electron chi connectivity index (χ1n) is 6.49. The van der Waals surface area contributed by atoms with Gasteiger partial charge in [0.25, 0.3) is 0 Å². The molecule has 4 N–H and O–H groups in total. The molecule has 138 valence electrons. The largest absolute Gasteiger partial charge is 1.00 e. The molecule has 2 aromatic rings. The number of hydrogen-bond acceptors (Lipinski definition) is 8. The van der Waals surface area contributed by atoms with Crippen LogP contribution in [-0.2, 0) is 0 Å². The van der Waals surface area contributed by atoms with Gasteiger partial charge in [-0.15, -0.1) is 0 Å². The summed E-state index contributed by atoms with van der Waals surface area (Å²) in [5.74, 6) is -5.65. The van der Waals surface area contributed by atoms with Gasteiger partial charge >= 0.3 is 83.0 Å². The molecule has 0 atom stereocenters. The average Bonchev–Trinajstić information content (AvgIpc) is 2.59. The zero-order valence-corrected chi connectivity index (χ0v) is 20.1. The molecular formula is C14H10N2Na2O8S2. The van der Waals surface area contributed by atoms with Crippen LogP contribution in [0.5, 0.6) is 0 Å². The van der Waals surface area contributed by atoms with E-state index in [1.807, 2.05) is 0 Å². The molecular weight excluding hydrogens is 434 g/mol. The molecule has 0 fully saturated rings. The van der Waals surface area contributed by atoms with E-state index < -0.39 is 46.7 Å². The van der Waals surface area contributed by atoms with Crippen molar-refractivity contribution < 1.29 is 102 Å². The first kappa shape index (κ1) is 26.9. The quantitative estimate of drug-likeness (QED) is 0.243. The SMILES string of the molecule is O=C(O)c1cc(SSc2cc(C(=O)O)nc(C(=O)O)c2)cc(C(=O)O)n1.[H-].[H-].[Na+].[Na+]. The predicted octanol–water partition coefficient (Wildman–Crippen LogP) is -3.70. The summed E-state index contributed by atoms with van der Waals surface area (Å²) in [5, 5.41) is 35.9. The van der Waals surface area contributed by atoms with Crippen LogP contribution >= 0.6 is 21.6 Å². The fourth-order valence-electron chi connectivity index (χ4n) is 1.64. The number of aromatic carboxylic acids is 4. The Bertz CT molecular complexity index is 812. The fourth-order valence-corrected chi connectivity index (χ4v) is 3.63. The Hall–Kier alpha value is -1.12. The van der Waals surface area contributed by atoms with Gasteiger partial charge in [-0.25, -0.2) is 29.1 Å². The molecule has 0 aliphatic rings. The molecule has 2 aromatic heterocycles. The van der Waals surface area contributed by atoms with E-state index in [4.69, 9.17) is 20.4 Å². The van der Waals surface area contributed by atoms with Crippen LogP contribution in [0.2, 0.25) is 0 Å². The van der Waals surface area contributed by atoms with Gasteiger partial charge in [0.05, 0.1) is 0 Å². The van der Waals surface area contributed by atoms with Crippen LogP contribution in [0.15, 0.2) is 34.1 Å². The molecule has 0 aliphatic heterocycles. The standard InChI is InChI=1S/C14H8N2O8S2.2Na.2H/c17-11(18)7-1-5(2-8(15-7)12(19)20)25-26-6-3-9(13(21)22)16-10(4-6)14(23)24;;;;/h1-4H,(H,17,18)(H,19,20)(H,21,22)(H,23,24);;;;/q;2*+1;2*-1. The zero-order valence-electron chi connectivity index (χ0n) is 16.4. The van der Waals surface area contributed by atoms with Crippen LogP contribution < -0.4 is 59.1 Å². The molecule has 0 aliphatic carbocycles. The molecule has 0 radical (unpaired) electrons. The van der Waals surface area contributed by atoms with Gasteiger partial charge in [0.15, 0.2) is 0 Å². The zero-order chi connectivity index (χ0) is 19.4. The van der Waals surface area contributed by atoms with Crippen LogP contribution in [-0.4, -0.2) is 54.3 Å². The number of carboxylic acid groups (broad SMARTS) is 4. The molecule has 10 nitrogen and oxygen atoms in total. The van der Waals surface area contributed by atoms with E-state index in [9.17, 15) is 19.2 Å². The molecule has 0 aromatic carbocycles. The fraction of sp³-hybridized carbons (Fsp3) is 0. The van der Waals surface area contributed by atoms with Gasteiger partial charge in [-0.2, -0.15) is 0 Å². The molecule has 0 bridgehead atoms. The second kappa shape index (κ2) is 11.8. The Morgan fingerprint density at radius 2 is 0.821 bits per heavy atom. The smallest absolute Gasteiger partial charge is 1.00 e. The topological polar surface area (TPSA) is 175 Å². The van der Waals surface area contributed by atoms with Crippen molar-refractivity contribution in [1.29, 1.82) is 0 Å². The maximum Gasteiger partial charge on any atom is 1.00 e. The second-order valence-corrected chi connectivity index (χ2v) is 6.81. The number of carboxylic acids is 4. The van der Waals surface area contributed by atoms with Crippen molar-refractivity contribution in [2.45, 2.75) is 9.79 Å². The number of pyridine rings is 2. The molecule has 0 saturated heterocycles. The maximum atomic E-state index is 11.0. The van der Waals surface area contributed by atoms with E-state index in [1.165, 1.54) is 0 Å². The normalized spacial score (nSPS) is 9.57. The number of hydrogen-bond donors (Lipinski definition) is 4. The van der Waals surface area contributed by atoms with Crippen molar-refractivity contribution in [3.63, 3.8) is 0 Å². The molecule has 0 unspecified atom stereocenters. The molecule has 2 heterocycles. The van der Waals surface area contributed by atoms with E-state index in [1.54, 1.807) is 0 Å². The summed E-state index contributed by atoms with van der Waals surface area (Å²) in [5.41, 5.74) is -1.89. The van der Waals surface area contributed by atoms with Crippen molar-refractivity contribution >= 4 is 45.5 Å². The minimum absolute atomic E-state index is 0. The molecule has 28 heavy (non-hydrogen) atoms. The summed E-state index contributed by atoms with van der Waals surface area (Å²) in [7, 11) is 1.83. The Morgan fingerprint density at radius 3 is 1.00 bits per heavy atom. The van der Waals surface area contributed by atoms with Gasteiger partial charge in [0.1, 0.15) is 22.8 Å². The molecule has 2 rings (SSSR count). The number of aromatic nitrogens is 2.